The van der Waals surface area contributed by atoms with E-state index < -0.39 is 0 Å². The maximum atomic E-state index is 11.7. The SMILES string of the molecule is O=C1CC(=O)C2=C(N1)NC(Nc1ccccc1)S2. The topological polar surface area (TPSA) is 70.2 Å². The van der Waals surface area contributed by atoms with E-state index in [4.69, 9.17) is 0 Å². The van der Waals surface area contributed by atoms with Crippen LogP contribution in [0.3, 0.4) is 0 Å². The molecule has 1 aromatic rings. The third-order valence-electron chi connectivity index (χ3n) is 2.65. The van der Waals surface area contributed by atoms with E-state index in [9.17, 15) is 9.59 Å². The summed E-state index contributed by atoms with van der Waals surface area (Å²) in [6.07, 6.45) is -0.0639. The van der Waals surface area contributed by atoms with Crippen molar-refractivity contribution in [2.24, 2.45) is 0 Å². The molecule has 1 unspecified atom stereocenters. The number of thioether (sulfide) groups is 1. The van der Waals surface area contributed by atoms with Crippen molar-refractivity contribution >= 4 is 29.1 Å². The first kappa shape index (κ1) is 11.2. The Bertz CT molecular complexity index is 542. The summed E-state index contributed by atoms with van der Waals surface area (Å²) in [5.41, 5.74) is 0.820. The van der Waals surface area contributed by atoms with Crippen LogP contribution in [0.2, 0.25) is 0 Å². The average Bonchev–Trinajstić information content (AvgIpc) is 2.73. The summed E-state index contributed by atoms with van der Waals surface area (Å²) < 4.78 is 0. The molecule has 18 heavy (non-hydrogen) atoms. The first-order valence-electron chi connectivity index (χ1n) is 5.54. The highest BCUT2D eigenvalue weighted by atomic mass is 32.2. The van der Waals surface area contributed by atoms with Crippen LogP contribution in [0.4, 0.5) is 5.69 Å². The monoisotopic (exact) mass is 261 g/mol. The third kappa shape index (κ3) is 2.06. The molecule has 1 aromatic carbocycles. The number of carbonyl (C=O) groups excluding carboxylic acids is 2. The van der Waals surface area contributed by atoms with Crippen LogP contribution in [-0.4, -0.2) is 17.2 Å². The fourth-order valence-corrected chi connectivity index (χ4v) is 2.90. The first-order valence-corrected chi connectivity index (χ1v) is 6.42. The van der Waals surface area contributed by atoms with Crippen LogP contribution in [0.25, 0.3) is 0 Å². The van der Waals surface area contributed by atoms with Gasteiger partial charge in [0.15, 0.2) is 11.3 Å². The normalized spacial score (nSPS) is 22.3. The molecule has 2 heterocycles. The lowest BCUT2D eigenvalue weighted by molar-refractivity contribution is -0.126. The van der Waals surface area contributed by atoms with Crippen LogP contribution in [0.5, 0.6) is 0 Å². The van der Waals surface area contributed by atoms with Gasteiger partial charge in [-0.25, -0.2) is 0 Å². The van der Waals surface area contributed by atoms with Crippen molar-refractivity contribution in [1.82, 2.24) is 10.6 Å². The lowest BCUT2D eigenvalue weighted by Gasteiger charge is -2.15. The zero-order valence-electron chi connectivity index (χ0n) is 9.40. The van der Waals surface area contributed by atoms with E-state index in [1.165, 1.54) is 11.8 Å². The van der Waals surface area contributed by atoms with Crippen molar-refractivity contribution in [3.05, 3.63) is 41.1 Å². The number of rotatable bonds is 2. The molecule has 2 aliphatic heterocycles. The van der Waals surface area contributed by atoms with E-state index in [1.54, 1.807) is 0 Å². The van der Waals surface area contributed by atoms with Gasteiger partial charge in [-0.1, -0.05) is 30.0 Å². The summed E-state index contributed by atoms with van der Waals surface area (Å²) in [5.74, 6) is 0.144. The van der Waals surface area contributed by atoms with Crippen LogP contribution in [0.1, 0.15) is 6.42 Å². The number of hydrogen-bond donors (Lipinski definition) is 3. The Labute approximate surface area is 108 Å². The Morgan fingerprint density at radius 1 is 1.22 bits per heavy atom. The molecule has 0 spiro atoms. The molecule has 5 nitrogen and oxygen atoms in total. The number of amides is 1. The molecule has 92 valence electrons. The molecule has 3 N–H and O–H groups in total. The van der Waals surface area contributed by atoms with E-state index in [0.29, 0.717) is 10.7 Å². The van der Waals surface area contributed by atoms with Gasteiger partial charge < -0.3 is 16.0 Å². The van der Waals surface area contributed by atoms with Gasteiger partial charge in [0.25, 0.3) is 0 Å². The van der Waals surface area contributed by atoms with Gasteiger partial charge in [-0.3, -0.25) is 9.59 Å². The van der Waals surface area contributed by atoms with Crippen molar-refractivity contribution in [3.63, 3.8) is 0 Å². The number of hydrogen-bond acceptors (Lipinski definition) is 5. The Morgan fingerprint density at radius 3 is 2.78 bits per heavy atom. The van der Waals surface area contributed by atoms with E-state index >= 15 is 0 Å². The number of carbonyl (C=O) groups is 2. The number of anilines is 1. The summed E-state index contributed by atoms with van der Waals surface area (Å²) in [4.78, 5) is 23.5. The molecule has 0 saturated carbocycles. The zero-order chi connectivity index (χ0) is 12.5. The Balaban J connectivity index is 1.71. The van der Waals surface area contributed by atoms with E-state index in [2.05, 4.69) is 16.0 Å². The second-order valence-corrected chi connectivity index (χ2v) is 5.12. The number of nitrogens with one attached hydrogen (secondary N) is 3. The molecule has 0 saturated heterocycles. The minimum atomic E-state index is -0.257. The molecular formula is C12H11N3O2S. The van der Waals surface area contributed by atoms with E-state index in [0.717, 1.165) is 5.69 Å². The standard InChI is InChI=1S/C12H11N3O2S/c16-8-6-9(17)14-11-10(8)18-12(15-11)13-7-4-2-1-3-5-7/h1-5,12-13,15H,6H2,(H,14,17). The Kier molecular flexibility index (Phi) is 2.71. The van der Waals surface area contributed by atoms with Crippen molar-refractivity contribution in [2.45, 2.75) is 11.9 Å². The summed E-state index contributed by atoms with van der Waals surface area (Å²) in [5, 5.41) is 8.99. The predicted octanol–water partition coefficient (Wildman–Crippen LogP) is 0.977. The molecule has 6 heteroatoms. The fraction of sp³-hybridized carbons (Fsp3) is 0.167. The van der Waals surface area contributed by atoms with Crippen LogP contribution < -0.4 is 16.0 Å². The van der Waals surface area contributed by atoms with Crippen LogP contribution in [0.15, 0.2) is 41.1 Å². The smallest absolute Gasteiger partial charge is 0.233 e. The quantitative estimate of drug-likeness (QED) is 0.692. The highest BCUT2D eigenvalue weighted by Gasteiger charge is 2.34. The lowest BCUT2D eigenvalue weighted by atomic mass is 10.2. The largest absolute Gasteiger partial charge is 0.357 e. The molecule has 1 amide bonds. The molecular weight excluding hydrogens is 250 g/mol. The van der Waals surface area contributed by atoms with Crippen molar-refractivity contribution in [3.8, 4) is 0 Å². The molecule has 2 aliphatic rings. The minimum Gasteiger partial charge on any atom is -0.357 e. The molecule has 0 aromatic heterocycles. The van der Waals surface area contributed by atoms with Gasteiger partial charge in [0.2, 0.25) is 5.91 Å². The highest BCUT2D eigenvalue weighted by Crippen LogP contribution is 2.33. The van der Waals surface area contributed by atoms with Gasteiger partial charge in [0.1, 0.15) is 5.82 Å². The lowest BCUT2D eigenvalue weighted by Crippen LogP contribution is -2.38. The number of benzene rings is 1. The first-order chi connectivity index (χ1) is 8.72. The second kappa shape index (κ2) is 4.38. The van der Waals surface area contributed by atoms with Gasteiger partial charge >= 0.3 is 0 Å². The van der Waals surface area contributed by atoms with Crippen molar-refractivity contribution in [1.29, 1.82) is 0 Å². The molecule has 0 bridgehead atoms. The minimum absolute atomic E-state index is 0.0639. The van der Waals surface area contributed by atoms with Gasteiger partial charge in [0.05, 0.1) is 11.3 Å². The Morgan fingerprint density at radius 2 is 2.00 bits per heavy atom. The number of Topliss-reactive ketones (excluding diaryl/α,β-unsaturated/α-hetero) is 1. The van der Waals surface area contributed by atoms with Crippen molar-refractivity contribution < 1.29 is 9.59 Å². The molecule has 0 aliphatic carbocycles. The maximum absolute atomic E-state index is 11.7. The summed E-state index contributed by atoms with van der Waals surface area (Å²) >= 11 is 1.39. The average molecular weight is 261 g/mol. The predicted molar refractivity (Wildman–Crippen MR) is 69.4 cm³/mol. The van der Waals surface area contributed by atoms with Crippen LogP contribution in [-0.2, 0) is 9.59 Å². The summed E-state index contributed by atoms with van der Waals surface area (Å²) in [7, 11) is 0. The molecule has 0 fully saturated rings. The van der Waals surface area contributed by atoms with E-state index in [-0.39, 0.29) is 23.6 Å². The van der Waals surface area contributed by atoms with Gasteiger partial charge in [0, 0.05) is 5.69 Å². The van der Waals surface area contributed by atoms with Crippen LogP contribution in [0, 0.1) is 0 Å². The summed E-state index contributed by atoms with van der Waals surface area (Å²) in [6, 6.07) is 9.69. The molecule has 0 radical (unpaired) electrons. The van der Waals surface area contributed by atoms with E-state index in [1.807, 2.05) is 30.3 Å². The van der Waals surface area contributed by atoms with Gasteiger partial charge in [-0.2, -0.15) is 0 Å². The highest BCUT2D eigenvalue weighted by molar-refractivity contribution is 8.04. The third-order valence-corrected chi connectivity index (χ3v) is 3.79. The molecule has 3 rings (SSSR count). The number of ketones is 1. The van der Waals surface area contributed by atoms with Crippen molar-refractivity contribution in [2.75, 3.05) is 5.32 Å². The van der Waals surface area contributed by atoms with Crippen LogP contribution >= 0.6 is 11.8 Å². The molecule has 1 atom stereocenters. The zero-order valence-corrected chi connectivity index (χ0v) is 10.2. The second-order valence-electron chi connectivity index (χ2n) is 4.00. The van der Waals surface area contributed by atoms with Gasteiger partial charge in [-0.05, 0) is 12.1 Å². The number of allylic oxidation sites excluding steroid dienone is 1. The Hall–Kier alpha value is -1.95. The fourth-order valence-electron chi connectivity index (χ4n) is 1.86. The maximum Gasteiger partial charge on any atom is 0.233 e. The summed E-state index contributed by atoms with van der Waals surface area (Å²) in [6.45, 7) is 0. The van der Waals surface area contributed by atoms with Gasteiger partial charge in [-0.15, -0.1) is 0 Å². The number of para-hydroxylation sites is 1.